The van der Waals surface area contributed by atoms with Crippen LogP contribution in [0.2, 0.25) is 0 Å². The Bertz CT molecular complexity index is 1270. The molecule has 1 N–H and O–H groups in total. The van der Waals surface area contributed by atoms with Crippen molar-refractivity contribution in [2.24, 2.45) is 0 Å². The number of nitrogens with zero attached hydrogens (tertiary/aromatic N) is 1. The maximum absolute atomic E-state index is 13.7. The molecule has 1 aliphatic rings. The summed E-state index contributed by atoms with van der Waals surface area (Å²) in [5, 5.41) is 4.00. The number of aryl methyl sites for hydroxylation is 2. The van der Waals surface area contributed by atoms with Gasteiger partial charge in [0.1, 0.15) is 16.8 Å². The molecule has 0 saturated heterocycles. The van der Waals surface area contributed by atoms with E-state index >= 15 is 0 Å². The van der Waals surface area contributed by atoms with Gasteiger partial charge in [-0.2, -0.15) is 0 Å². The van der Waals surface area contributed by atoms with Crippen molar-refractivity contribution in [2.75, 3.05) is 0 Å². The predicted molar refractivity (Wildman–Crippen MR) is 132 cm³/mol. The molecule has 5 heteroatoms. The normalized spacial score (nSPS) is 16.8. The summed E-state index contributed by atoms with van der Waals surface area (Å²) in [5.41, 5.74) is 6.57. The molecule has 0 radical (unpaired) electrons. The second-order valence-corrected chi connectivity index (χ2v) is 9.66. The molecule has 0 aliphatic carbocycles. The summed E-state index contributed by atoms with van der Waals surface area (Å²) < 4.78 is 8.54. The minimum Gasteiger partial charge on any atom is -0.486 e. The third-order valence-corrected chi connectivity index (χ3v) is 7.36. The molecule has 1 unspecified atom stereocenters. The molecule has 0 bridgehead atoms. The Morgan fingerprint density at radius 1 is 1.10 bits per heavy atom. The average Bonchev–Trinajstić information content (AvgIpc) is 2.73. The number of thiocarbonyl (C=S) groups is 1. The van der Waals surface area contributed by atoms with Gasteiger partial charge in [0.25, 0.3) is 0 Å². The lowest BCUT2D eigenvalue weighted by Crippen LogP contribution is -2.46. The van der Waals surface area contributed by atoms with Crippen LogP contribution in [0, 0.1) is 27.7 Å². The van der Waals surface area contributed by atoms with Crippen molar-refractivity contribution in [2.45, 2.75) is 66.7 Å². The Hall–Kier alpha value is -2.66. The van der Waals surface area contributed by atoms with E-state index < -0.39 is 0 Å². The van der Waals surface area contributed by atoms with Crippen LogP contribution in [0.25, 0.3) is 10.9 Å². The number of aromatic nitrogens is 1. The Balaban J connectivity index is 1.88. The fraction of sp³-hybridized carbons (Fsp3) is 0.385. The van der Waals surface area contributed by atoms with Crippen LogP contribution in [0.1, 0.15) is 54.2 Å². The molecule has 4 rings (SSSR count). The topological polar surface area (TPSA) is 43.3 Å². The summed E-state index contributed by atoms with van der Waals surface area (Å²) in [6.07, 6.45) is 1.87. The summed E-state index contributed by atoms with van der Waals surface area (Å²) in [5.74, 6) is 0.812. The van der Waals surface area contributed by atoms with Crippen LogP contribution in [-0.4, -0.2) is 15.7 Å². The molecule has 1 aromatic heterocycles. The highest BCUT2D eigenvalue weighted by Crippen LogP contribution is 2.42. The Morgan fingerprint density at radius 2 is 1.74 bits per heavy atom. The van der Waals surface area contributed by atoms with Gasteiger partial charge in [0, 0.05) is 12.7 Å². The van der Waals surface area contributed by atoms with Crippen LogP contribution in [0.4, 0.5) is 0 Å². The quantitative estimate of drug-likeness (QED) is 0.574. The summed E-state index contributed by atoms with van der Waals surface area (Å²) >= 11 is 5.70. The zero-order chi connectivity index (χ0) is 22.7. The predicted octanol–water partition coefficient (Wildman–Crippen LogP) is 5.22. The van der Waals surface area contributed by atoms with Crippen LogP contribution in [0.3, 0.4) is 0 Å². The van der Waals surface area contributed by atoms with E-state index in [9.17, 15) is 4.79 Å². The summed E-state index contributed by atoms with van der Waals surface area (Å²) in [4.78, 5) is 14.1. The standard InChI is InChI=1S/C26H30N2O2S/c1-14-8-10-19(11-9-14)12-27-25(31)20-13-28-22-21(23(20)29)16(3)15(2)17(4)24(22)30-18(5)26(28,6)7/h8-11,13,18H,12H2,1-7H3,(H,27,31). The minimum atomic E-state index is -0.325. The van der Waals surface area contributed by atoms with E-state index in [1.807, 2.05) is 13.1 Å². The van der Waals surface area contributed by atoms with Gasteiger partial charge in [-0.1, -0.05) is 42.0 Å². The smallest absolute Gasteiger partial charge is 0.199 e. The van der Waals surface area contributed by atoms with Gasteiger partial charge in [-0.05, 0) is 70.7 Å². The monoisotopic (exact) mass is 434 g/mol. The SMILES string of the molecule is Cc1ccc(CNC(=S)c2cn3c4c(c(C)c(C)c(C)c4c2=O)OC(C)C3(C)C)cc1. The molecular weight excluding hydrogens is 404 g/mol. The molecule has 31 heavy (non-hydrogen) atoms. The molecule has 162 valence electrons. The van der Waals surface area contributed by atoms with Crippen LogP contribution < -0.4 is 15.5 Å². The van der Waals surface area contributed by atoms with Gasteiger partial charge < -0.3 is 14.6 Å². The first kappa shape index (κ1) is 21.6. The molecular formula is C26H30N2O2S. The Kier molecular flexibility index (Phi) is 5.21. The van der Waals surface area contributed by atoms with Crippen LogP contribution in [0.5, 0.6) is 5.75 Å². The van der Waals surface area contributed by atoms with E-state index in [-0.39, 0.29) is 17.1 Å². The Morgan fingerprint density at radius 3 is 2.39 bits per heavy atom. The second kappa shape index (κ2) is 7.49. The molecule has 2 aromatic carbocycles. The lowest BCUT2D eigenvalue weighted by Gasteiger charge is -2.41. The molecule has 0 spiro atoms. The third-order valence-electron chi connectivity index (χ3n) is 6.99. The van der Waals surface area contributed by atoms with Gasteiger partial charge >= 0.3 is 0 Å². The average molecular weight is 435 g/mol. The number of nitrogens with one attached hydrogen (secondary N) is 1. The first-order valence-electron chi connectivity index (χ1n) is 10.7. The van der Waals surface area contributed by atoms with Crippen molar-refractivity contribution >= 4 is 28.1 Å². The van der Waals surface area contributed by atoms with E-state index in [1.165, 1.54) is 5.56 Å². The number of rotatable bonds is 3. The van der Waals surface area contributed by atoms with Gasteiger partial charge in [-0.15, -0.1) is 0 Å². The second-order valence-electron chi connectivity index (χ2n) is 9.25. The van der Waals surface area contributed by atoms with Gasteiger partial charge in [-0.25, -0.2) is 0 Å². The number of hydrogen-bond donors (Lipinski definition) is 1. The highest BCUT2D eigenvalue weighted by molar-refractivity contribution is 7.80. The first-order chi connectivity index (χ1) is 14.5. The van der Waals surface area contributed by atoms with E-state index in [4.69, 9.17) is 17.0 Å². The fourth-order valence-electron chi connectivity index (χ4n) is 4.26. The minimum absolute atomic E-state index is 0.0385. The van der Waals surface area contributed by atoms with Crippen molar-refractivity contribution < 1.29 is 4.74 Å². The van der Waals surface area contributed by atoms with Crippen molar-refractivity contribution in [1.29, 1.82) is 0 Å². The van der Waals surface area contributed by atoms with Gasteiger partial charge in [0.15, 0.2) is 5.43 Å². The van der Waals surface area contributed by atoms with Crippen molar-refractivity contribution in [3.63, 3.8) is 0 Å². The molecule has 0 fully saturated rings. The molecule has 1 atom stereocenters. The molecule has 4 nitrogen and oxygen atoms in total. The van der Waals surface area contributed by atoms with Crippen molar-refractivity contribution in [1.82, 2.24) is 9.88 Å². The van der Waals surface area contributed by atoms with Crippen LogP contribution >= 0.6 is 12.2 Å². The number of hydrogen-bond acceptors (Lipinski definition) is 3. The van der Waals surface area contributed by atoms with Gasteiger partial charge in [-0.3, -0.25) is 4.79 Å². The largest absolute Gasteiger partial charge is 0.486 e. The first-order valence-corrected chi connectivity index (χ1v) is 11.1. The molecule has 3 aromatic rings. The summed E-state index contributed by atoms with van der Waals surface area (Å²) in [6.45, 7) is 15.1. The zero-order valence-electron chi connectivity index (χ0n) is 19.3. The number of benzene rings is 2. The lowest BCUT2D eigenvalue weighted by atomic mass is 9.90. The summed E-state index contributed by atoms with van der Waals surface area (Å²) in [6, 6.07) is 8.31. The lowest BCUT2D eigenvalue weighted by molar-refractivity contribution is 0.0838. The molecule has 1 aliphatic heterocycles. The highest BCUT2D eigenvalue weighted by atomic mass is 32.1. The highest BCUT2D eigenvalue weighted by Gasteiger charge is 2.38. The van der Waals surface area contributed by atoms with E-state index in [1.54, 1.807) is 0 Å². The van der Waals surface area contributed by atoms with Crippen LogP contribution in [-0.2, 0) is 12.1 Å². The van der Waals surface area contributed by atoms with Gasteiger partial charge in [0.2, 0.25) is 0 Å². The van der Waals surface area contributed by atoms with Gasteiger partial charge in [0.05, 0.1) is 22.0 Å². The molecule has 0 saturated carbocycles. The molecule has 2 heterocycles. The van der Waals surface area contributed by atoms with Crippen LogP contribution in [0.15, 0.2) is 35.3 Å². The maximum atomic E-state index is 13.7. The maximum Gasteiger partial charge on any atom is 0.199 e. The van der Waals surface area contributed by atoms with Crippen molar-refractivity contribution in [3.8, 4) is 5.75 Å². The Labute approximate surface area is 189 Å². The number of ether oxygens (including phenoxy) is 1. The van der Waals surface area contributed by atoms with E-state index in [2.05, 4.69) is 75.7 Å². The number of pyridine rings is 1. The van der Waals surface area contributed by atoms with E-state index in [0.29, 0.717) is 22.5 Å². The molecule has 0 amide bonds. The zero-order valence-corrected chi connectivity index (χ0v) is 20.2. The van der Waals surface area contributed by atoms with E-state index in [0.717, 1.165) is 33.5 Å². The van der Waals surface area contributed by atoms with Crippen molar-refractivity contribution in [3.05, 3.63) is 74.1 Å². The fourth-order valence-corrected chi connectivity index (χ4v) is 4.48. The summed E-state index contributed by atoms with van der Waals surface area (Å²) in [7, 11) is 0. The third kappa shape index (κ3) is 3.35.